The van der Waals surface area contributed by atoms with Gasteiger partial charge in [-0.1, -0.05) is 59.7 Å². The van der Waals surface area contributed by atoms with Gasteiger partial charge in [-0.15, -0.1) is 0 Å². The smallest absolute Gasteiger partial charge is 0.304 e. The molecule has 2 aromatic carbocycles. The Morgan fingerprint density at radius 3 is 2.69 bits per heavy atom. The van der Waals surface area contributed by atoms with Crippen LogP contribution in [0.2, 0.25) is 10.0 Å². The van der Waals surface area contributed by atoms with Crippen LogP contribution in [0.5, 0.6) is 0 Å². The molecular formula is C19H13Cl2N3OS. The lowest BCUT2D eigenvalue weighted by atomic mass is 9.94. The Kier molecular flexibility index (Phi) is 4.31. The molecule has 0 aromatic heterocycles. The molecule has 1 aliphatic heterocycles. The van der Waals surface area contributed by atoms with Gasteiger partial charge in [0.15, 0.2) is 0 Å². The van der Waals surface area contributed by atoms with Gasteiger partial charge in [0, 0.05) is 23.3 Å². The number of thiocarbonyl (C=S) groups is 1. The molecule has 26 heavy (non-hydrogen) atoms. The number of nitrogens with one attached hydrogen (secondary N) is 1. The highest BCUT2D eigenvalue weighted by Gasteiger charge is 2.36. The fraction of sp³-hybridized carbons (Fsp3) is 0.105. The molecule has 4 rings (SSSR count). The van der Waals surface area contributed by atoms with Crippen LogP contribution in [-0.2, 0) is 0 Å². The second kappa shape index (κ2) is 6.50. The molecule has 0 spiro atoms. The summed E-state index contributed by atoms with van der Waals surface area (Å²) < 4.78 is 0. The minimum atomic E-state index is -0.243. The number of hydrogen-bond acceptors (Lipinski definition) is 3. The molecule has 130 valence electrons. The van der Waals surface area contributed by atoms with Crippen LogP contribution in [0, 0.1) is 5.41 Å². The molecule has 0 bridgehead atoms. The highest BCUT2D eigenvalue weighted by Crippen LogP contribution is 2.35. The van der Waals surface area contributed by atoms with Crippen LogP contribution >= 0.6 is 35.4 Å². The average Bonchev–Trinajstić information content (AvgIpc) is 2.92. The van der Waals surface area contributed by atoms with Crippen LogP contribution in [0.4, 0.5) is 16.2 Å². The maximum Gasteiger partial charge on any atom is 0.334 e. The number of fused-ring (bicyclic) bond motifs is 1. The van der Waals surface area contributed by atoms with Crippen molar-refractivity contribution in [2.24, 2.45) is 0 Å². The van der Waals surface area contributed by atoms with Gasteiger partial charge in [0.1, 0.15) is 4.99 Å². The maximum absolute atomic E-state index is 13.1. The molecule has 1 saturated heterocycles. The monoisotopic (exact) mass is 401 g/mol. The zero-order valence-corrected chi connectivity index (χ0v) is 15.8. The quantitative estimate of drug-likeness (QED) is 0.670. The van der Waals surface area contributed by atoms with E-state index in [9.17, 15) is 4.79 Å². The molecule has 1 fully saturated rings. The molecule has 4 nitrogen and oxygen atoms in total. The number of amides is 2. The number of anilines is 2. The third-order valence-electron chi connectivity index (χ3n) is 4.43. The normalized spacial score (nSPS) is 16.5. The lowest BCUT2D eigenvalue weighted by Crippen LogP contribution is -2.33. The molecule has 1 heterocycles. The number of rotatable bonds is 2. The molecular weight excluding hydrogens is 389 g/mol. The van der Waals surface area contributed by atoms with E-state index in [1.165, 1.54) is 4.90 Å². The van der Waals surface area contributed by atoms with E-state index in [-0.39, 0.29) is 6.03 Å². The number of nitrogens with zero attached hydrogens (tertiary/aromatic N) is 2. The Balaban J connectivity index is 1.75. The molecule has 7 heteroatoms. The van der Waals surface area contributed by atoms with Crippen LogP contribution in [0.3, 0.4) is 0 Å². The van der Waals surface area contributed by atoms with Crippen molar-refractivity contribution in [2.75, 3.05) is 16.3 Å². The third kappa shape index (κ3) is 2.72. The number of benzene rings is 2. The first-order valence-electron chi connectivity index (χ1n) is 7.94. The minimum absolute atomic E-state index is 0.243. The van der Waals surface area contributed by atoms with Crippen LogP contribution < -0.4 is 9.80 Å². The van der Waals surface area contributed by atoms with Gasteiger partial charge in [-0.05, 0) is 24.3 Å². The van der Waals surface area contributed by atoms with Gasteiger partial charge in [0.25, 0.3) is 0 Å². The molecule has 0 radical (unpaired) electrons. The molecule has 0 saturated carbocycles. The summed E-state index contributed by atoms with van der Waals surface area (Å²) in [6, 6.07) is 10.4. The molecule has 0 atom stereocenters. The Labute approximate surface area is 166 Å². The fourth-order valence-corrected chi connectivity index (χ4v) is 3.80. The Hall–Kier alpha value is -2.21. The molecule has 1 N–H and O–H groups in total. The number of carbonyl (C=O) groups is 1. The minimum Gasteiger partial charge on any atom is -0.304 e. The SMILES string of the molecule is N=C1CC=Cc2c1cccc2N1CC(=S)N(c2ccc(Cl)c(Cl)c2)C1=O. The summed E-state index contributed by atoms with van der Waals surface area (Å²) in [4.78, 5) is 16.7. The first kappa shape index (κ1) is 17.2. The van der Waals surface area contributed by atoms with Crippen molar-refractivity contribution in [3.63, 3.8) is 0 Å². The van der Waals surface area contributed by atoms with Crippen molar-refractivity contribution in [3.05, 3.63) is 63.6 Å². The fourth-order valence-electron chi connectivity index (χ4n) is 3.20. The van der Waals surface area contributed by atoms with Gasteiger partial charge in [-0.2, -0.15) is 0 Å². The summed E-state index contributed by atoms with van der Waals surface area (Å²) in [5.74, 6) is 0. The summed E-state index contributed by atoms with van der Waals surface area (Å²) in [5, 5.41) is 8.92. The lowest BCUT2D eigenvalue weighted by molar-refractivity contribution is 0.256. The van der Waals surface area contributed by atoms with Gasteiger partial charge >= 0.3 is 6.03 Å². The maximum atomic E-state index is 13.1. The van der Waals surface area contributed by atoms with Gasteiger partial charge in [-0.25, -0.2) is 4.79 Å². The summed E-state index contributed by atoms with van der Waals surface area (Å²) >= 11 is 17.5. The van der Waals surface area contributed by atoms with Gasteiger partial charge < -0.3 is 5.41 Å². The average molecular weight is 402 g/mol. The van der Waals surface area contributed by atoms with Crippen molar-refractivity contribution >= 4 is 69.6 Å². The van der Waals surface area contributed by atoms with Crippen molar-refractivity contribution < 1.29 is 4.79 Å². The van der Waals surface area contributed by atoms with Crippen molar-refractivity contribution in [1.29, 1.82) is 5.41 Å². The highest BCUT2D eigenvalue weighted by atomic mass is 35.5. The summed E-state index contributed by atoms with van der Waals surface area (Å²) in [5.41, 5.74) is 3.59. The van der Waals surface area contributed by atoms with E-state index in [4.69, 9.17) is 40.8 Å². The predicted molar refractivity (Wildman–Crippen MR) is 111 cm³/mol. The standard InChI is InChI=1S/C19H13Cl2N3OS/c20-14-8-7-11(9-15(14)21)24-18(26)10-23(19(24)25)17-6-2-3-12-13(17)4-1-5-16(12)22/h1-4,6-9,22H,5,10H2. The topological polar surface area (TPSA) is 47.4 Å². The lowest BCUT2D eigenvalue weighted by Gasteiger charge is -2.22. The molecule has 2 aliphatic rings. The molecule has 0 unspecified atom stereocenters. The van der Waals surface area contributed by atoms with E-state index in [2.05, 4.69) is 0 Å². The van der Waals surface area contributed by atoms with E-state index in [0.717, 1.165) is 16.8 Å². The van der Waals surface area contributed by atoms with Crippen molar-refractivity contribution in [3.8, 4) is 0 Å². The first-order valence-corrected chi connectivity index (χ1v) is 9.10. The van der Waals surface area contributed by atoms with Gasteiger partial charge in [0.05, 0.1) is 28.0 Å². The van der Waals surface area contributed by atoms with E-state index in [1.54, 1.807) is 23.1 Å². The number of hydrogen-bond donors (Lipinski definition) is 1. The Bertz CT molecular complexity index is 1000. The summed E-state index contributed by atoms with van der Waals surface area (Å²) in [6.07, 6.45) is 4.49. The summed E-state index contributed by atoms with van der Waals surface area (Å²) in [6.45, 7) is 0.298. The Morgan fingerprint density at radius 2 is 1.92 bits per heavy atom. The first-order chi connectivity index (χ1) is 12.5. The number of halogens is 2. The zero-order chi connectivity index (χ0) is 18.4. The number of allylic oxidation sites excluding steroid dienone is 1. The second-order valence-electron chi connectivity index (χ2n) is 6.02. The van der Waals surface area contributed by atoms with E-state index in [1.807, 2.05) is 30.4 Å². The largest absolute Gasteiger partial charge is 0.334 e. The van der Waals surface area contributed by atoms with Crippen LogP contribution in [0.25, 0.3) is 6.08 Å². The van der Waals surface area contributed by atoms with Crippen molar-refractivity contribution in [1.82, 2.24) is 0 Å². The van der Waals surface area contributed by atoms with Gasteiger partial charge in [0.2, 0.25) is 0 Å². The molecule has 1 aliphatic carbocycles. The van der Waals surface area contributed by atoms with Crippen molar-refractivity contribution in [2.45, 2.75) is 6.42 Å². The zero-order valence-electron chi connectivity index (χ0n) is 13.5. The van der Waals surface area contributed by atoms with Gasteiger partial charge in [-0.3, -0.25) is 9.80 Å². The predicted octanol–water partition coefficient (Wildman–Crippen LogP) is 5.55. The second-order valence-corrected chi connectivity index (χ2v) is 7.31. The Morgan fingerprint density at radius 1 is 1.12 bits per heavy atom. The van der Waals surface area contributed by atoms with E-state index in [0.29, 0.717) is 39.4 Å². The van der Waals surface area contributed by atoms with Crippen LogP contribution in [0.1, 0.15) is 17.5 Å². The number of urea groups is 1. The molecule has 2 aromatic rings. The summed E-state index contributed by atoms with van der Waals surface area (Å²) in [7, 11) is 0. The van der Waals surface area contributed by atoms with Crippen LogP contribution in [-0.4, -0.2) is 23.3 Å². The highest BCUT2D eigenvalue weighted by molar-refractivity contribution is 7.80. The van der Waals surface area contributed by atoms with E-state index < -0.39 is 0 Å². The van der Waals surface area contributed by atoms with E-state index >= 15 is 0 Å². The van der Waals surface area contributed by atoms with Crippen LogP contribution in [0.15, 0.2) is 42.5 Å². The molecule has 2 amide bonds. The number of carbonyl (C=O) groups excluding carboxylic acids is 1. The third-order valence-corrected chi connectivity index (χ3v) is 5.48.